The van der Waals surface area contributed by atoms with Crippen molar-refractivity contribution in [2.45, 2.75) is 26.9 Å². The number of aliphatic hydroxyl groups is 1. The van der Waals surface area contributed by atoms with Gasteiger partial charge >= 0.3 is 0 Å². The van der Waals surface area contributed by atoms with Gasteiger partial charge in [-0.2, -0.15) is 0 Å². The first kappa shape index (κ1) is 13.4. The molecule has 2 fully saturated rings. The molecule has 4 atom stereocenters. The van der Waals surface area contributed by atoms with E-state index in [4.69, 9.17) is 4.74 Å². The first-order valence-corrected chi connectivity index (χ1v) is 7.81. The first-order valence-electron chi connectivity index (χ1n) is 6.93. The average molecular weight is 281 g/mol. The number of fused-ring (bicyclic) bond motifs is 1. The molecule has 1 aromatic heterocycles. The van der Waals surface area contributed by atoms with Crippen molar-refractivity contribution in [2.75, 3.05) is 20.2 Å². The largest absolute Gasteiger partial charge is 0.496 e. The standard InChI is InChI=1S/C15H23NO2S/c1-14(2,3)15-8-16-6-10(15)12(15)13(17)11-5-9(18-4)7-19-11/h5,7,10,12-13,16-17H,6,8H2,1-4H3/t10-,12-,13?,15-/m0/s1. The Balaban J connectivity index is 1.84. The zero-order valence-corrected chi connectivity index (χ0v) is 12.9. The number of nitrogens with one attached hydrogen (secondary N) is 1. The van der Waals surface area contributed by atoms with E-state index in [1.54, 1.807) is 18.4 Å². The summed E-state index contributed by atoms with van der Waals surface area (Å²) in [6.07, 6.45) is -0.347. The molecular formula is C15H23NO2S. The topological polar surface area (TPSA) is 41.5 Å². The molecule has 2 aliphatic rings. The zero-order chi connectivity index (χ0) is 13.8. The normalized spacial score (nSPS) is 35.0. The molecule has 0 amide bonds. The maximum Gasteiger partial charge on any atom is 0.129 e. The Labute approximate surface area is 119 Å². The number of piperidine rings is 1. The highest BCUT2D eigenvalue weighted by atomic mass is 32.1. The average Bonchev–Trinajstić information content (AvgIpc) is 2.75. The van der Waals surface area contributed by atoms with Gasteiger partial charge in [0, 0.05) is 22.7 Å². The Morgan fingerprint density at radius 3 is 2.79 bits per heavy atom. The van der Waals surface area contributed by atoms with Gasteiger partial charge in [-0.1, -0.05) is 20.8 Å². The van der Waals surface area contributed by atoms with E-state index in [9.17, 15) is 5.11 Å². The number of hydrogen-bond acceptors (Lipinski definition) is 4. The third-order valence-electron chi connectivity index (χ3n) is 5.22. The second-order valence-corrected chi connectivity index (χ2v) is 7.83. The summed E-state index contributed by atoms with van der Waals surface area (Å²) in [6, 6.07) is 1.98. The van der Waals surface area contributed by atoms with Gasteiger partial charge in [0.05, 0.1) is 13.2 Å². The number of aliphatic hydroxyl groups excluding tert-OH is 1. The summed E-state index contributed by atoms with van der Waals surface area (Å²) in [5.74, 6) is 1.85. The minimum absolute atomic E-state index is 0.230. The highest BCUT2D eigenvalue weighted by Crippen LogP contribution is 2.73. The second-order valence-electron chi connectivity index (χ2n) is 6.89. The molecule has 1 aromatic rings. The van der Waals surface area contributed by atoms with Crippen LogP contribution in [-0.4, -0.2) is 25.3 Å². The molecule has 0 bridgehead atoms. The van der Waals surface area contributed by atoms with Crippen LogP contribution in [0.3, 0.4) is 0 Å². The van der Waals surface area contributed by atoms with Gasteiger partial charge in [-0.15, -0.1) is 11.3 Å². The molecule has 2 N–H and O–H groups in total. The van der Waals surface area contributed by atoms with E-state index in [0.29, 0.717) is 11.8 Å². The minimum Gasteiger partial charge on any atom is -0.496 e. The summed E-state index contributed by atoms with van der Waals surface area (Å²) in [6.45, 7) is 8.98. The van der Waals surface area contributed by atoms with E-state index in [1.807, 2.05) is 11.4 Å². The van der Waals surface area contributed by atoms with Gasteiger partial charge in [-0.25, -0.2) is 0 Å². The van der Waals surface area contributed by atoms with Crippen LogP contribution < -0.4 is 10.1 Å². The van der Waals surface area contributed by atoms with Crippen LogP contribution in [0, 0.1) is 22.7 Å². The molecule has 3 nitrogen and oxygen atoms in total. The van der Waals surface area contributed by atoms with Gasteiger partial charge in [-0.3, -0.25) is 0 Å². The van der Waals surface area contributed by atoms with Crippen LogP contribution in [0.4, 0.5) is 0 Å². The predicted molar refractivity (Wildman–Crippen MR) is 77.6 cm³/mol. The van der Waals surface area contributed by atoms with Crippen molar-refractivity contribution in [3.8, 4) is 5.75 Å². The third-order valence-corrected chi connectivity index (χ3v) is 6.20. The van der Waals surface area contributed by atoms with Crippen LogP contribution in [0.25, 0.3) is 0 Å². The van der Waals surface area contributed by atoms with Crippen molar-refractivity contribution < 1.29 is 9.84 Å². The van der Waals surface area contributed by atoms with Crippen molar-refractivity contribution in [3.63, 3.8) is 0 Å². The third kappa shape index (κ3) is 1.77. The molecule has 19 heavy (non-hydrogen) atoms. The molecule has 0 radical (unpaired) electrons. The SMILES string of the molecule is COc1csc(C(O)[C@@H]2[C@@H]3CNC[C@@]23C(C)(C)C)c1. The molecule has 4 heteroatoms. The van der Waals surface area contributed by atoms with Crippen LogP contribution in [0.2, 0.25) is 0 Å². The molecule has 1 unspecified atom stereocenters. The Hall–Kier alpha value is -0.580. The molecule has 1 aliphatic heterocycles. The fourth-order valence-electron chi connectivity index (χ4n) is 4.14. The number of ether oxygens (including phenoxy) is 1. The summed E-state index contributed by atoms with van der Waals surface area (Å²) in [5.41, 5.74) is 0.484. The summed E-state index contributed by atoms with van der Waals surface area (Å²) in [4.78, 5) is 1.04. The van der Waals surface area contributed by atoms with E-state index in [1.165, 1.54) is 0 Å². The van der Waals surface area contributed by atoms with E-state index in [-0.39, 0.29) is 16.9 Å². The smallest absolute Gasteiger partial charge is 0.129 e. The fourth-order valence-corrected chi connectivity index (χ4v) is 5.03. The quantitative estimate of drug-likeness (QED) is 0.895. The van der Waals surface area contributed by atoms with Crippen molar-refractivity contribution in [3.05, 3.63) is 16.3 Å². The van der Waals surface area contributed by atoms with E-state index in [2.05, 4.69) is 26.1 Å². The lowest BCUT2D eigenvalue weighted by atomic mass is 9.75. The predicted octanol–water partition coefficient (Wildman–Crippen LogP) is 2.67. The van der Waals surface area contributed by atoms with Crippen molar-refractivity contribution in [2.24, 2.45) is 22.7 Å². The summed E-state index contributed by atoms with van der Waals surface area (Å²) in [7, 11) is 1.67. The van der Waals surface area contributed by atoms with Gasteiger partial charge < -0.3 is 15.2 Å². The summed E-state index contributed by atoms with van der Waals surface area (Å²) < 4.78 is 5.22. The van der Waals surface area contributed by atoms with E-state index in [0.717, 1.165) is 23.7 Å². The van der Waals surface area contributed by atoms with Gasteiger partial charge in [0.15, 0.2) is 0 Å². The lowest BCUT2D eigenvalue weighted by Crippen LogP contribution is -2.32. The van der Waals surface area contributed by atoms with Gasteiger partial charge in [0.25, 0.3) is 0 Å². The van der Waals surface area contributed by atoms with Crippen LogP contribution in [0.15, 0.2) is 11.4 Å². The van der Waals surface area contributed by atoms with Gasteiger partial charge in [0.1, 0.15) is 5.75 Å². The minimum atomic E-state index is -0.347. The molecule has 0 aromatic carbocycles. The Morgan fingerprint density at radius 2 is 2.26 bits per heavy atom. The number of methoxy groups -OCH3 is 1. The maximum absolute atomic E-state index is 10.7. The highest BCUT2D eigenvalue weighted by Gasteiger charge is 2.73. The molecule has 0 spiro atoms. The van der Waals surface area contributed by atoms with Gasteiger partial charge in [-0.05, 0) is 29.4 Å². The Kier molecular flexibility index (Phi) is 2.97. The van der Waals surface area contributed by atoms with Crippen LogP contribution in [0.5, 0.6) is 5.75 Å². The molecule has 1 saturated heterocycles. The van der Waals surface area contributed by atoms with E-state index >= 15 is 0 Å². The maximum atomic E-state index is 10.7. The highest BCUT2D eigenvalue weighted by molar-refractivity contribution is 7.10. The number of rotatable bonds is 3. The lowest BCUT2D eigenvalue weighted by molar-refractivity contribution is 0.0967. The molecule has 106 valence electrons. The molecule has 3 rings (SSSR count). The number of hydrogen-bond donors (Lipinski definition) is 2. The molecule has 1 aliphatic carbocycles. The van der Waals surface area contributed by atoms with Crippen molar-refractivity contribution in [1.82, 2.24) is 5.32 Å². The molecule has 1 saturated carbocycles. The van der Waals surface area contributed by atoms with Crippen molar-refractivity contribution >= 4 is 11.3 Å². The zero-order valence-electron chi connectivity index (χ0n) is 12.1. The summed E-state index contributed by atoms with van der Waals surface area (Å²) in [5, 5.41) is 16.2. The Bertz CT molecular complexity index is 479. The monoisotopic (exact) mass is 281 g/mol. The van der Waals surface area contributed by atoms with Crippen LogP contribution in [0.1, 0.15) is 31.8 Å². The molecular weight excluding hydrogens is 258 g/mol. The van der Waals surface area contributed by atoms with Crippen LogP contribution >= 0.6 is 11.3 Å². The second kappa shape index (κ2) is 4.21. The van der Waals surface area contributed by atoms with Crippen LogP contribution in [-0.2, 0) is 0 Å². The Morgan fingerprint density at radius 1 is 1.53 bits per heavy atom. The number of thiophene rings is 1. The molecule has 2 heterocycles. The summed E-state index contributed by atoms with van der Waals surface area (Å²) >= 11 is 1.60. The lowest BCUT2D eigenvalue weighted by Gasteiger charge is -2.32. The van der Waals surface area contributed by atoms with Crippen molar-refractivity contribution in [1.29, 1.82) is 0 Å². The van der Waals surface area contributed by atoms with Gasteiger partial charge in [0.2, 0.25) is 0 Å². The first-order chi connectivity index (χ1) is 8.91. The van der Waals surface area contributed by atoms with E-state index < -0.39 is 0 Å². The fraction of sp³-hybridized carbons (Fsp3) is 0.733.